The van der Waals surface area contributed by atoms with Crippen molar-refractivity contribution in [2.75, 3.05) is 6.61 Å². The molecule has 2 rings (SSSR count). The first-order valence-electron chi connectivity index (χ1n) is 5.96. The molecule has 1 aromatic rings. The van der Waals surface area contributed by atoms with E-state index >= 15 is 0 Å². The van der Waals surface area contributed by atoms with Crippen molar-refractivity contribution in [1.82, 2.24) is 5.32 Å². The highest BCUT2D eigenvalue weighted by molar-refractivity contribution is 6.33. The Labute approximate surface area is 111 Å². The molecule has 1 fully saturated rings. The van der Waals surface area contributed by atoms with E-state index in [1.807, 2.05) is 0 Å². The van der Waals surface area contributed by atoms with E-state index in [0.29, 0.717) is 23.4 Å². The van der Waals surface area contributed by atoms with Crippen LogP contribution in [0.2, 0.25) is 5.02 Å². The molecule has 18 heavy (non-hydrogen) atoms. The van der Waals surface area contributed by atoms with Crippen molar-refractivity contribution in [3.63, 3.8) is 0 Å². The molecular formula is C13H16ClNO3. The highest BCUT2D eigenvalue weighted by Crippen LogP contribution is 2.26. The molecule has 0 aromatic heterocycles. The lowest BCUT2D eigenvalue weighted by molar-refractivity contribution is 0.0903. The quantitative estimate of drug-likeness (QED) is 0.772. The Bertz CT molecular complexity index is 438. The maximum absolute atomic E-state index is 12.0. The Hall–Kier alpha value is -1.10. The lowest BCUT2D eigenvalue weighted by Gasteiger charge is -2.13. The number of aliphatic hydroxyl groups excluding tert-OH is 2. The van der Waals surface area contributed by atoms with Crippen LogP contribution in [0.3, 0.4) is 0 Å². The zero-order valence-corrected chi connectivity index (χ0v) is 10.6. The number of hydrogen-bond acceptors (Lipinski definition) is 3. The minimum atomic E-state index is -0.549. The summed E-state index contributed by atoms with van der Waals surface area (Å²) >= 11 is 5.94. The number of hydrogen-bond donors (Lipinski definition) is 3. The van der Waals surface area contributed by atoms with Crippen molar-refractivity contribution in [2.24, 2.45) is 5.92 Å². The van der Waals surface area contributed by atoms with Gasteiger partial charge in [0.2, 0.25) is 0 Å². The molecule has 0 heterocycles. The first kappa shape index (κ1) is 13.3. The Morgan fingerprint density at radius 1 is 1.39 bits per heavy atom. The van der Waals surface area contributed by atoms with Gasteiger partial charge in [0.1, 0.15) is 0 Å². The summed E-state index contributed by atoms with van der Waals surface area (Å²) in [5.41, 5.74) is 0.432. The fourth-order valence-electron chi connectivity index (χ4n) is 2.33. The first-order valence-corrected chi connectivity index (χ1v) is 6.34. The van der Waals surface area contributed by atoms with Gasteiger partial charge < -0.3 is 15.5 Å². The van der Waals surface area contributed by atoms with Crippen LogP contribution in [0.5, 0.6) is 0 Å². The molecule has 0 spiro atoms. The molecule has 0 aliphatic heterocycles. The summed E-state index contributed by atoms with van der Waals surface area (Å²) in [6.07, 6.45) is 0.515. The Kier molecular flexibility index (Phi) is 4.22. The van der Waals surface area contributed by atoms with Gasteiger partial charge in [-0.1, -0.05) is 23.7 Å². The third-order valence-electron chi connectivity index (χ3n) is 3.35. The molecule has 98 valence electrons. The van der Waals surface area contributed by atoms with E-state index in [1.165, 1.54) is 0 Å². The van der Waals surface area contributed by atoms with Crippen LogP contribution >= 0.6 is 11.6 Å². The second-order valence-corrected chi connectivity index (χ2v) is 5.04. The number of benzene rings is 1. The van der Waals surface area contributed by atoms with E-state index in [4.69, 9.17) is 16.7 Å². The summed E-state index contributed by atoms with van der Waals surface area (Å²) in [6.45, 7) is -0.0559. The third-order valence-corrected chi connectivity index (χ3v) is 3.68. The zero-order chi connectivity index (χ0) is 13.1. The monoisotopic (exact) mass is 269 g/mol. The molecule has 1 aromatic carbocycles. The Balaban J connectivity index is 1.99. The standard InChI is InChI=1S/C13H16ClNO3/c14-11-4-2-1-3-10(11)13(18)15-9-5-8(7-16)12(17)6-9/h1-4,8-9,12,16-17H,5-7H2,(H,15,18)/t8-,9-,12-/m1/s1. The van der Waals surface area contributed by atoms with E-state index < -0.39 is 6.10 Å². The van der Waals surface area contributed by atoms with E-state index in [2.05, 4.69) is 5.32 Å². The lowest BCUT2D eigenvalue weighted by atomic mass is 10.1. The topological polar surface area (TPSA) is 69.6 Å². The Morgan fingerprint density at radius 2 is 2.11 bits per heavy atom. The van der Waals surface area contributed by atoms with Gasteiger partial charge in [-0.05, 0) is 25.0 Å². The average Bonchev–Trinajstić information content (AvgIpc) is 2.69. The summed E-state index contributed by atoms with van der Waals surface area (Å²) in [6, 6.07) is 6.73. The van der Waals surface area contributed by atoms with Gasteiger partial charge in [-0.2, -0.15) is 0 Å². The van der Waals surface area contributed by atoms with Gasteiger partial charge in [0.15, 0.2) is 0 Å². The van der Waals surface area contributed by atoms with Crippen LogP contribution in [0, 0.1) is 5.92 Å². The van der Waals surface area contributed by atoms with Gasteiger partial charge in [0, 0.05) is 18.6 Å². The van der Waals surface area contributed by atoms with Crippen molar-refractivity contribution in [1.29, 1.82) is 0 Å². The normalized spacial score (nSPS) is 27.2. The van der Waals surface area contributed by atoms with Crippen LogP contribution in [-0.4, -0.2) is 34.9 Å². The van der Waals surface area contributed by atoms with Crippen LogP contribution in [0.15, 0.2) is 24.3 Å². The van der Waals surface area contributed by atoms with Crippen molar-refractivity contribution >= 4 is 17.5 Å². The van der Waals surface area contributed by atoms with Crippen LogP contribution in [0.4, 0.5) is 0 Å². The third kappa shape index (κ3) is 2.83. The largest absolute Gasteiger partial charge is 0.396 e. The highest BCUT2D eigenvalue weighted by Gasteiger charge is 2.33. The summed E-state index contributed by atoms with van der Waals surface area (Å²) in [7, 11) is 0. The molecule has 0 bridgehead atoms. The van der Waals surface area contributed by atoms with Crippen molar-refractivity contribution in [3.8, 4) is 0 Å². The van der Waals surface area contributed by atoms with Crippen LogP contribution < -0.4 is 5.32 Å². The number of amides is 1. The van der Waals surface area contributed by atoms with E-state index in [9.17, 15) is 9.90 Å². The molecule has 3 atom stereocenters. The minimum Gasteiger partial charge on any atom is -0.396 e. The number of halogens is 1. The van der Waals surface area contributed by atoms with Gasteiger partial charge in [-0.25, -0.2) is 0 Å². The van der Waals surface area contributed by atoms with Gasteiger partial charge in [-0.3, -0.25) is 4.79 Å². The number of carbonyl (C=O) groups is 1. The predicted molar refractivity (Wildman–Crippen MR) is 68.5 cm³/mol. The molecular weight excluding hydrogens is 254 g/mol. The smallest absolute Gasteiger partial charge is 0.253 e. The summed E-state index contributed by atoms with van der Waals surface area (Å²) in [4.78, 5) is 12.0. The van der Waals surface area contributed by atoms with Gasteiger partial charge in [0.25, 0.3) is 5.91 Å². The number of rotatable bonds is 3. The number of aliphatic hydroxyl groups is 2. The van der Waals surface area contributed by atoms with Crippen molar-refractivity contribution in [2.45, 2.75) is 25.0 Å². The summed E-state index contributed by atoms with van der Waals surface area (Å²) < 4.78 is 0. The van der Waals surface area contributed by atoms with E-state index in [0.717, 1.165) is 0 Å². The molecule has 1 amide bonds. The molecule has 1 aliphatic carbocycles. The molecule has 1 aliphatic rings. The minimum absolute atomic E-state index is 0.0559. The molecule has 0 radical (unpaired) electrons. The lowest BCUT2D eigenvalue weighted by Crippen LogP contribution is -2.33. The molecule has 0 saturated heterocycles. The first-order chi connectivity index (χ1) is 8.61. The predicted octanol–water partition coefficient (Wildman–Crippen LogP) is 1.20. The second-order valence-electron chi connectivity index (χ2n) is 4.63. The fraction of sp³-hybridized carbons (Fsp3) is 0.462. The van der Waals surface area contributed by atoms with Gasteiger partial charge >= 0.3 is 0 Å². The van der Waals surface area contributed by atoms with Crippen LogP contribution in [-0.2, 0) is 0 Å². The maximum atomic E-state index is 12.0. The highest BCUT2D eigenvalue weighted by atomic mass is 35.5. The number of nitrogens with one attached hydrogen (secondary N) is 1. The zero-order valence-electron chi connectivity index (χ0n) is 9.84. The van der Waals surface area contributed by atoms with Gasteiger partial charge in [0.05, 0.1) is 16.7 Å². The van der Waals surface area contributed by atoms with E-state index in [-0.39, 0.29) is 24.5 Å². The SMILES string of the molecule is O=C(N[C@@H]1C[C@H](CO)[C@H](O)C1)c1ccccc1Cl. The second kappa shape index (κ2) is 5.69. The maximum Gasteiger partial charge on any atom is 0.253 e. The van der Waals surface area contributed by atoms with Crippen molar-refractivity contribution < 1.29 is 15.0 Å². The summed E-state index contributed by atoms with van der Waals surface area (Å²) in [5.74, 6) is -0.391. The molecule has 0 unspecified atom stereocenters. The molecule has 3 N–H and O–H groups in total. The van der Waals surface area contributed by atoms with Gasteiger partial charge in [-0.15, -0.1) is 0 Å². The fourth-order valence-corrected chi connectivity index (χ4v) is 2.55. The Morgan fingerprint density at radius 3 is 2.72 bits per heavy atom. The molecule has 5 heteroatoms. The van der Waals surface area contributed by atoms with E-state index in [1.54, 1.807) is 24.3 Å². The van der Waals surface area contributed by atoms with Crippen molar-refractivity contribution in [3.05, 3.63) is 34.9 Å². The van der Waals surface area contributed by atoms with Crippen LogP contribution in [0.1, 0.15) is 23.2 Å². The van der Waals surface area contributed by atoms with Crippen LogP contribution in [0.25, 0.3) is 0 Å². The molecule has 4 nitrogen and oxygen atoms in total. The molecule has 1 saturated carbocycles. The summed E-state index contributed by atoms with van der Waals surface area (Å²) in [5, 5.41) is 22.0. The number of carbonyl (C=O) groups excluding carboxylic acids is 1. The average molecular weight is 270 g/mol.